The quantitative estimate of drug-likeness (QED) is 0.786. The molecule has 5 nitrogen and oxygen atoms in total. The predicted molar refractivity (Wildman–Crippen MR) is 76.2 cm³/mol. The van der Waals surface area contributed by atoms with Gasteiger partial charge in [-0.25, -0.2) is 4.99 Å². The molecule has 5 heteroatoms. The van der Waals surface area contributed by atoms with E-state index in [0.29, 0.717) is 19.8 Å². The lowest BCUT2D eigenvalue weighted by atomic mass is 9.49. The van der Waals surface area contributed by atoms with Crippen molar-refractivity contribution in [2.75, 3.05) is 19.8 Å². The van der Waals surface area contributed by atoms with E-state index in [2.05, 4.69) is 6.07 Å². The second-order valence-corrected chi connectivity index (χ2v) is 6.62. The van der Waals surface area contributed by atoms with Gasteiger partial charge in [0.05, 0.1) is 18.6 Å². The molecule has 0 amide bonds. The van der Waals surface area contributed by atoms with Crippen molar-refractivity contribution >= 4 is 6.02 Å². The van der Waals surface area contributed by atoms with Crippen molar-refractivity contribution in [1.82, 2.24) is 0 Å². The Balaban J connectivity index is 1.80. The average Bonchev–Trinajstić information content (AvgIpc) is 2.78. The summed E-state index contributed by atoms with van der Waals surface area (Å²) < 4.78 is 17.7. The topological polar surface area (TPSA) is 66.1 Å². The highest BCUT2D eigenvalue weighted by Gasteiger charge is 2.75. The van der Waals surface area contributed by atoms with E-state index >= 15 is 0 Å². The Bertz CT molecular complexity index is 649. The highest BCUT2D eigenvalue weighted by atomic mass is 16.5. The highest BCUT2D eigenvalue weighted by Crippen LogP contribution is 2.66. The molecule has 1 saturated heterocycles. The molecule has 1 atom stereocenters. The summed E-state index contributed by atoms with van der Waals surface area (Å²) in [6, 6.07) is 8.45. The summed E-state index contributed by atoms with van der Waals surface area (Å²) in [5.41, 5.74) is 6.21. The lowest BCUT2D eigenvalue weighted by Crippen LogP contribution is -2.75. The van der Waals surface area contributed by atoms with E-state index in [1.54, 1.807) is 0 Å². The summed E-state index contributed by atoms with van der Waals surface area (Å²) in [5, 5.41) is 0. The number of fused-ring (bicyclic) bond motifs is 4. The summed E-state index contributed by atoms with van der Waals surface area (Å²) in [4.78, 5) is 4.79. The van der Waals surface area contributed by atoms with Crippen LogP contribution in [0, 0.1) is 5.41 Å². The summed E-state index contributed by atoms with van der Waals surface area (Å²) >= 11 is 0. The molecular weight excluding hydrogens is 268 g/mol. The number of hydrogen-bond donors (Lipinski definition) is 1. The number of aliphatic imine (C=N–C) groups is 1. The minimum atomic E-state index is -0.454. The molecule has 0 radical (unpaired) electrons. The van der Waals surface area contributed by atoms with Crippen LogP contribution in [0.3, 0.4) is 0 Å². The van der Waals surface area contributed by atoms with Crippen LogP contribution in [-0.4, -0.2) is 31.4 Å². The number of nitrogens with two attached hydrogens (primary N) is 1. The largest absolute Gasteiger partial charge is 0.486 e. The van der Waals surface area contributed by atoms with Crippen molar-refractivity contribution in [3.05, 3.63) is 29.8 Å². The SMILES string of the molecule is NC1=NC2(CO1)c1ccccc1OC1(CCC1)C21COC1. The number of benzene rings is 1. The lowest BCUT2D eigenvalue weighted by Gasteiger charge is -2.66. The highest BCUT2D eigenvalue weighted by molar-refractivity contribution is 5.75. The maximum atomic E-state index is 6.49. The third-order valence-electron chi connectivity index (χ3n) is 5.89. The molecule has 1 unspecified atom stereocenters. The number of nitrogens with zero attached hydrogens (tertiary/aromatic N) is 1. The van der Waals surface area contributed by atoms with Gasteiger partial charge in [-0.1, -0.05) is 18.2 Å². The van der Waals surface area contributed by atoms with Crippen molar-refractivity contribution in [2.45, 2.75) is 30.4 Å². The van der Waals surface area contributed by atoms with E-state index in [-0.39, 0.29) is 17.0 Å². The van der Waals surface area contributed by atoms with Gasteiger partial charge >= 0.3 is 0 Å². The maximum Gasteiger partial charge on any atom is 0.283 e. The van der Waals surface area contributed by atoms with Crippen molar-refractivity contribution in [3.63, 3.8) is 0 Å². The molecular formula is C16H18N2O3. The molecule has 0 aromatic heterocycles. The van der Waals surface area contributed by atoms with Crippen LogP contribution in [0.15, 0.2) is 29.3 Å². The van der Waals surface area contributed by atoms with Gasteiger partial charge in [0.1, 0.15) is 23.5 Å². The standard InChI is InChI=1S/C16H18N2O3/c17-13-18-16(10-20-13)11-4-1-2-5-12(11)21-15(6-3-7-15)14(16)8-19-9-14/h1-2,4-5H,3,6-10H2,(H2,17,18). The van der Waals surface area contributed by atoms with Crippen molar-refractivity contribution < 1.29 is 14.2 Å². The van der Waals surface area contributed by atoms with Crippen LogP contribution >= 0.6 is 0 Å². The Morgan fingerprint density at radius 1 is 1.10 bits per heavy atom. The van der Waals surface area contributed by atoms with Crippen LogP contribution in [0.25, 0.3) is 0 Å². The minimum Gasteiger partial charge on any atom is -0.486 e. The molecule has 2 N–H and O–H groups in total. The molecule has 1 aromatic rings. The number of amidine groups is 1. The molecule has 1 aliphatic carbocycles. The molecule has 1 saturated carbocycles. The Labute approximate surface area is 123 Å². The van der Waals surface area contributed by atoms with Crippen molar-refractivity contribution in [2.24, 2.45) is 16.1 Å². The molecule has 0 bridgehead atoms. The summed E-state index contributed by atoms with van der Waals surface area (Å²) in [6.45, 7) is 1.83. The monoisotopic (exact) mass is 286 g/mol. The summed E-state index contributed by atoms with van der Waals surface area (Å²) in [5.74, 6) is 0.928. The van der Waals surface area contributed by atoms with Gasteiger partial charge in [0.2, 0.25) is 0 Å². The van der Waals surface area contributed by atoms with Crippen LogP contribution in [-0.2, 0) is 15.0 Å². The first-order chi connectivity index (χ1) is 10.2. The molecule has 5 rings (SSSR count). The van der Waals surface area contributed by atoms with Gasteiger partial charge in [-0.15, -0.1) is 0 Å². The Hall–Kier alpha value is -1.75. The first kappa shape index (κ1) is 11.9. The average molecular weight is 286 g/mol. The predicted octanol–water partition coefficient (Wildman–Crippen LogP) is 1.56. The van der Waals surface area contributed by atoms with Gasteiger partial charge in [0.15, 0.2) is 0 Å². The molecule has 21 heavy (non-hydrogen) atoms. The minimum absolute atomic E-state index is 0.145. The van der Waals surface area contributed by atoms with Crippen LogP contribution in [0.4, 0.5) is 0 Å². The lowest BCUT2D eigenvalue weighted by molar-refractivity contribution is -0.281. The summed E-state index contributed by atoms with van der Waals surface area (Å²) in [6.07, 6.45) is 3.31. The third-order valence-corrected chi connectivity index (χ3v) is 5.89. The fourth-order valence-corrected chi connectivity index (χ4v) is 4.54. The zero-order valence-corrected chi connectivity index (χ0v) is 11.8. The van der Waals surface area contributed by atoms with Gasteiger partial charge < -0.3 is 19.9 Å². The Morgan fingerprint density at radius 2 is 1.90 bits per heavy atom. The van der Waals surface area contributed by atoms with Gasteiger partial charge in [0, 0.05) is 5.56 Å². The van der Waals surface area contributed by atoms with E-state index in [4.69, 9.17) is 24.9 Å². The third kappa shape index (κ3) is 1.13. The number of hydrogen-bond acceptors (Lipinski definition) is 5. The zero-order chi connectivity index (χ0) is 14.1. The molecule has 110 valence electrons. The molecule has 3 aliphatic heterocycles. The fourth-order valence-electron chi connectivity index (χ4n) is 4.54. The molecule has 2 fully saturated rings. The Morgan fingerprint density at radius 3 is 2.48 bits per heavy atom. The van der Waals surface area contributed by atoms with E-state index < -0.39 is 5.54 Å². The van der Waals surface area contributed by atoms with Crippen LogP contribution in [0.5, 0.6) is 5.75 Å². The van der Waals surface area contributed by atoms with Gasteiger partial charge in [-0.2, -0.15) is 0 Å². The van der Waals surface area contributed by atoms with Crippen molar-refractivity contribution in [1.29, 1.82) is 0 Å². The molecule has 3 heterocycles. The van der Waals surface area contributed by atoms with Crippen LogP contribution in [0.2, 0.25) is 0 Å². The van der Waals surface area contributed by atoms with Gasteiger partial charge in [0.25, 0.3) is 6.02 Å². The van der Waals surface area contributed by atoms with E-state index in [1.165, 1.54) is 6.42 Å². The van der Waals surface area contributed by atoms with Crippen molar-refractivity contribution in [3.8, 4) is 5.75 Å². The van der Waals surface area contributed by atoms with Gasteiger partial charge in [-0.05, 0) is 25.3 Å². The second-order valence-electron chi connectivity index (χ2n) is 6.62. The summed E-state index contributed by atoms with van der Waals surface area (Å²) in [7, 11) is 0. The zero-order valence-electron chi connectivity index (χ0n) is 11.8. The van der Waals surface area contributed by atoms with Gasteiger partial charge in [-0.3, -0.25) is 0 Å². The Kier molecular flexibility index (Phi) is 1.99. The number of para-hydroxylation sites is 1. The normalized spacial score (nSPS) is 33.6. The number of rotatable bonds is 0. The molecule has 3 spiro atoms. The first-order valence-electron chi connectivity index (χ1n) is 7.56. The van der Waals surface area contributed by atoms with E-state index in [1.807, 2.05) is 18.2 Å². The molecule has 1 aromatic carbocycles. The van der Waals surface area contributed by atoms with E-state index in [0.717, 1.165) is 24.2 Å². The smallest absolute Gasteiger partial charge is 0.283 e. The van der Waals surface area contributed by atoms with Crippen LogP contribution < -0.4 is 10.5 Å². The van der Waals surface area contributed by atoms with E-state index in [9.17, 15) is 0 Å². The first-order valence-corrected chi connectivity index (χ1v) is 7.56. The maximum absolute atomic E-state index is 6.49. The molecule has 4 aliphatic rings. The second kappa shape index (κ2) is 3.53. The fraction of sp³-hybridized carbons (Fsp3) is 0.562. The number of ether oxygens (including phenoxy) is 3. The van der Waals surface area contributed by atoms with Crippen LogP contribution in [0.1, 0.15) is 24.8 Å².